The molecule has 1 aromatic heterocycles. The summed E-state index contributed by atoms with van der Waals surface area (Å²) in [4.78, 5) is 0.886. The molecular formula is C7H10BrNO2S2. The second kappa shape index (κ2) is 4.08. The molecule has 0 spiro atoms. The molecule has 1 atom stereocenters. The summed E-state index contributed by atoms with van der Waals surface area (Å²) >= 11 is 4.75. The van der Waals surface area contributed by atoms with Gasteiger partial charge in [0, 0.05) is 21.0 Å². The van der Waals surface area contributed by atoms with E-state index in [2.05, 4.69) is 15.9 Å². The van der Waals surface area contributed by atoms with Crippen LogP contribution >= 0.6 is 27.3 Å². The van der Waals surface area contributed by atoms with Gasteiger partial charge in [0.15, 0.2) is 0 Å². The van der Waals surface area contributed by atoms with Crippen molar-refractivity contribution < 1.29 is 8.42 Å². The van der Waals surface area contributed by atoms with Crippen LogP contribution in [0.3, 0.4) is 0 Å². The summed E-state index contributed by atoms with van der Waals surface area (Å²) in [5, 5.41) is 1.89. The molecule has 74 valence electrons. The van der Waals surface area contributed by atoms with Gasteiger partial charge >= 0.3 is 0 Å². The lowest BCUT2D eigenvalue weighted by molar-refractivity contribution is 0.595. The van der Waals surface area contributed by atoms with Gasteiger partial charge in [-0.1, -0.05) is 0 Å². The molecule has 0 saturated heterocycles. The Kier molecular flexibility index (Phi) is 3.50. The third-order valence-corrected chi connectivity index (χ3v) is 4.23. The topological polar surface area (TPSA) is 60.2 Å². The lowest BCUT2D eigenvalue weighted by atomic mass is 10.3. The van der Waals surface area contributed by atoms with E-state index in [4.69, 9.17) is 5.73 Å². The summed E-state index contributed by atoms with van der Waals surface area (Å²) in [6, 6.07) is 1.44. The number of rotatable bonds is 3. The van der Waals surface area contributed by atoms with Gasteiger partial charge in [-0.25, -0.2) is 8.42 Å². The summed E-state index contributed by atoms with van der Waals surface area (Å²) in [6.45, 7) is 0. The minimum absolute atomic E-state index is 0.0000463. The summed E-state index contributed by atoms with van der Waals surface area (Å²) < 4.78 is 22.8. The number of hydrogen-bond acceptors (Lipinski definition) is 4. The van der Waals surface area contributed by atoms with Gasteiger partial charge in [-0.05, 0) is 22.0 Å². The maximum Gasteiger partial charge on any atom is 0.149 e. The number of halogens is 1. The molecule has 6 heteroatoms. The third-order valence-electron chi connectivity index (χ3n) is 1.44. The fraction of sp³-hybridized carbons (Fsp3) is 0.429. The van der Waals surface area contributed by atoms with Crippen molar-refractivity contribution in [3.05, 3.63) is 20.8 Å². The first-order valence-electron chi connectivity index (χ1n) is 3.56. The molecule has 3 nitrogen and oxygen atoms in total. The highest BCUT2D eigenvalue weighted by Crippen LogP contribution is 2.24. The predicted molar refractivity (Wildman–Crippen MR) is 58.7 cm³/mol. The monoisotopic (exact) mass is 283 g/mol. The minimum atomic E-state index is -3.00. The molecule has 2 N–H and O–H groups in total. The molecular weight excluding hydrogens is 274 g/mol. The second-order valence-electron chi connectivity index (χ2n) is 2.87. The molecule has 0 aliphatic carbocycles. The normalized spacial score (nSPS) is 14.4. The zero-order chi connectivity index (χ0) is 10.1. The maximum atomic E-state index is 10.9. The van der Waals surface area contributed by atoms with Crippen molar-refractivity contribution in [1.29, 1.82) is 0 Å². The molecule has 0 fully saturated rings. The first-order valence-corrected chi connectivity index (χ1v) is 7.29. The van der Waals surface area contributed by atoms with E-state index in [9.17, 15) is 8.42 Å². The van der Waals surface area contributed by atoms with Crippen molar-refractivity contribution in [3.8, 4) is 0 Å². The number of sulfone groups is 1. The van der Waals surface area contributed by atoms with Gasteiger partial charge in [0.1, 0.15) is 9.84 Å². The van der Waals surface area contributed by atoms with Crippen LogP contribution in [0.15, 0.2) is 15.9 Å². The minimum Gasteiger partial charge on any atom is -0.322 e. The number of hydrogen-bond donors (Lipinski definition) is 1. The molecule has 1 rings (SSSR count). The van der Waals surface area contributed by atoms with Gasteiger partial charge in [0.25, 0.3) is 0 Å². The van der Waals surface area contributed by atoms with Crippen molar-refractivity contribution >= 4 is 37.1 Å². The average Bonchev–Trinajstić information content (AvgIpc) is 2.31. The van der Waals surface area contributed by atoms with Crippen molar-refractivity contribution in [2.24, 2.45) is 5.73 Å². The summed E-state index contributed by atoms with van der Waals surface area (Å²) in [7, 11) is -3.00. The SMILES string of the molecule is CS(=O)(=O)C[C@H](N)c1cc(Br)cs1. The highest BCUT2D eigenvalue weighted by Gasteiger charge is 2.14. The van der Waals surface area contributed by atoms with E-state index in [1.54, 1.807) is 0 Å². The van der Waals surface area contributed by atoms with Crippen LogP contribution in [-0.2, 0) is 9.84 Å². The summed E-state index contributed by atoms with van der Waals surface area (Å²) in [6.07, 6.45) is 1.19. The first-order chi connectivity index (χ1) is 5.88. The zero-order valence-corrected chi connectivity index (χ0v) is 10.2. The highest BCUT2D eigenvalue weighted by atomic mass is 79.9. The number of nitrogens with two attached hydrogens (primary N) is 1. The Morgan fingerprint density at radius 2 is 2.31 bits per heavy atom. The lowest BCUT2D eigenvalue weighted by Crippen LogP contribution is -2.19. The van der Waals surface area contributed by atoms with Crippen molar-refractivity contribution in [2.75, 3.05) is 12.0 Å². The molecule has 0 bridgehead atoms. The molecule has 0 unspecified atom stereocenters. The molecule has 0 aromatic carbocycles. The second-order valence-corrected chi connectivity index (χ2v) is 6.91. The van der Waals surface area contributed by atoms with Crippen LogP contribution in [0.25, 0.3) is 0 Å². The van der Waals surface area contributed by atoms with Gasteiger partial charge in [0.05, 0.1) is 11.8 Å². The molecule has 1 aromatic rings. The third kappa shape index (κ3) is 3.76. The number of thiophene rings is 1. The smallest absolute Gasteiger partial charge is 0.149 e. The molecule has 13 heavy (non-hydrogen) atoms. The quantitative estimate of drug-likeness (QED) is 0.916. The van der Waals surface area contributed by atoms with Crippen LogP contribution in [0.4, 0.5) is 0 Å². The Bertz CT molecular complexity index is 385. The fourth-order valence-electron chi connectivity index (χ4n) is 0.931. The molecule has 0 saturated carbocycles. The Balaban J connectivity index is 2.75. The molecule has 0 radical (unpaired) electrons. The maximum absolute atomic E-state index is 10.9. The van der Waals surface area contributed by atoms with E-state index >= 15 is 0 Å². The van der Waals surface area contributed by atoms with Crippen LogP contribution in [0, 0.1) is 0 Å². The van der Waals surface area contributed by atoms with Crippen LogP contribution in [0.1, 0.15) is 10.9 Å². The van der Waals surface area contributed by atoms with Crippen molar-refractivity contribution in [2.45, 2.75) is 6.04 Å². The van der Waals surface area contributed by atoms with Crippen LogP contribution in [0.5, 0.6) is 0 Å². The predicted octanol–water partition coefficient (Wildman–Crippen LogP) is 1.55. The Labute approximate surface area is 90.0 Å². The lowest BCUT2D eigenvalue weighted by Gasteiger charge is -2.06. The fourth-order valence-corrected chi connectivity index (χ4v) is 3.32. The standard InChI is InChI=1S/C7H10BrNO2S2/c1-13(10,11)4-6(9)7-2-5(8)3-12-7/h2-3,6H,4,9H2,1H3/t6-/m0/s1. The van der Waals surface area contributed by atoms with Crippen molar-refractivity contribution in [1.82, 2.24) is 0 Å². The van der Waals surface area contributed by atoms with Crippen LogP contribution in [-0.4, -0.2) is 20.4 Å². The highest BCUT2D eigenvalue weighted by molar-refractivity contribution is 9.10. The Morgan fingerprint density at radius 1 is 1.69 bits per heavy atom. The van der Waals surface area contributed by atoms with Gasteiger partial charge in [-0.15, -0.1) is 11.3 Å². The van der Waals surface area contributed by atoms with Crippen LogP contribution < -0.4 is 5.73 Å². The van der Waals surface area contributed by atoms with Crippen molar-refractivity contribution in [3.63, 3.8) is 0 Å². The van der Waals surface area contributed by atoms with Crippen LogP contribution in [0.2, 0.25) is 0 Å². The van der Waals surface area contributed by atoms with Gasteiger partial charge in [-0.2, -0.15) is 0 Å². The molecule has 1 heterocycles. The largest absolute Gasteiger partial charge is 0.322 e. The Hall–Kier alpha value is 0.0900. The average molecular weight is 284 g/mol. The first kappa shape index (κ1) is 11.2. The molecule has 0 aliphatic rings. The van der Waals surface area contributed by atoms with Gasteiger partial charge in [-0.3, -0.25) is 0 Å². The zero-order valence-electron chi connectivity index (χ0n) is 7.03. The van der Waals surface area contributed by atoms with Gasteiger partial charge in [0.2, 0.25) is 0 Å². The van der Waals surface area contributed by atoms with E-state index in [1.165, 1.54) is 17.6 Å². The Morgan fingerprint density at radius 3 is 2.69 bits per heavy atom. The van der Waals surface area contributed by atoms with Gasteiger partial charge < -0.3 is 5.73 Å². The van der Waals surface area contributed by atoms with E-state index in [0.717, 1.165) is 9.35 Å². The van der Waals surface area contributed by atoms with E-state index < -0.39 is 15.9 Å². The van der Waals surface area contributed by atoms with E-state index in [-0.39, 0.29) is 5.75 Å². The van der Waals surface area contributed by atoms with E-state index in [0.29, 0.717) is 0 Å². The summed E-state index contributed by atoms with van der Waals surface area (Å²) in [5.41, 5.74) is 5.70. The van der Waals surface area contributed by atoms with E-state index in [1.807, 2.05) is 11.4 Å². The molecule has 0 amide bonds. The summed E-state index contributed by atoms with van der Waals surface area (Å²) in [5.74, 6) is -0.0000463. The molecule has 0 aliphatic heterocycles.